The Labute approximate surface area is 166 Å². The summed E-state index contributed by atoms with van der Waals surface area (Å²) in [6, 6.07) is 10.8. The van der Waals surface area contributed by atoms with Gasteiger partial charge in [0.05, 0.1) is 26.9 Å². The Morgan fingerprint density at radius 2 is 1.64 bits per heavy atom. The molecule has 0 spiro atoms. The van der Waals surface area contributed by atoms with Crippen LogP contribution in [0.15, 0.2) is 42.5 Å². The van der Waals surface area contributed by atoms with E-state index in [-0.39, 0.29) is 5.78 Å². The summed E-state index contributed by atoms with van der Waals surface area (Å²) in [6.45, 7) is 1.27. The molecule has 0 aromatic heterocycles. The molecular weight excluding hydrogens is 358 g/mol. The van der Waals surface area contributed by atoms with Crippen LogP contribution < -0.4 is 18.9 Å². The van der Waals surface area contributed by atoms with Crippen LogP contribution in [0.3, 0.4) is 0 Å². The molecule has 6 nitrogen and oxygen atoms in total. The van der Waals surface area contributed by atoms with Crippen LogP contribution in [-0.4, -0.2) is 59.3 Å². The second kappa shape index (κ2) is 10.4. The lowest BCUT2D eigenvalue weighted by Gasteiger charge is -2.14. The van der Waals surface area contributed by atoms with Gasteiger partial charge in [0.15, 0.2) is 17.3 Å². The van der Waals surface area contributed by atoms with Crippen molar-refractivity contribution in [1.29, 1.82) is 0 Å². The first-order valence-electron chi connectivity index (χ1n) is 8.89. The molecule has 6 heteroatoms. The van der Waals surface area contributed by atoms with Crippen LogP contribution in [0.2, 0.25) is 0 Å². The predicted octanol–water partition coefficient (Wildman–Crippen LogP) is 3.55. The van der Waals surface area contributed by atoms with E-state index in [1.54, 1.807) is 45.6 Å². The van der Waals surface area contributed by atoms with Gasteiger partial charge >= 0.3 is 0 Å². The second-order valence-electron chi connectivity index (χ2n) is 6.27. The number of hydrogen-bond acceptors (Lipinski definition) is 6. The molecule has 150 valence electrons. The Balaban J connectivity index is 2.25. The lowest BCUT2D eigenvalue weighted by Crippen LogP contribution is -2.20. The molecule has 0 saturated carbocycles. The molecule has 0 bridgehead atoms. The van der Waals surface area contributed by atoms with E-state index in [0.717, 1.165) is 6.54 Å². The van der Waals surface area contributed by atoms with Crippen LogP contribution in [-0.2, 0) is 0 Å². The van der Waals surface area contributed by atoms with Crippen LogP contribution in [0.4, 0.5) is 0 Å². The Morgan fingerprint density at radius 3 is 2.29 bits per heavy atom. The summed E-state index contributed by atoms with van der Waals surface area (Å²) in [4.78, 5) is 14.8. The maximum absolute atomic E-state index is 12.7. The van der Waals surface area contributed by atoms with E-state index in [1.807, 2.05) is 37.2 Å². The quantitative estimate of drug-likeness (QED) is 0.461. The Hall–Kier alpha value is -2.99. The molecule has 0 amide bonds. The molecule has 28 heavy (non-hydrogen) atoms. The van der Waals surface area contributed by atoms with Crippen LogP contribution in [0.5, 0.6) is 23.0 Å². The maximum Gasteiger partial charge on any atom is 0.203 e. The molecule has 0 aliphatic carbocycles. The molecule has 0 atom stereocenters. The number of methoxy groups -OCH3 is 3. The zero-order valence-electron chi connectivity index (χ0n) is 17.0. The summed E-state index contributed by atoms with van der Waals surface area (Å²) in [5.74, 6) is 1.95. The molecule has 2 aromatic carbocycles. The lowest BCUT2D eigenvalue weighted by molar-refractivity contribution is 0.104. The van der Waals surface area contributed by atoms with Gasteiger partial charge in [0.25, 0.3) is 0 Å². The molecule has 0 fully saturated rings. The van der Waals surface area contributed by atoms with Crippen molar-refractivity contribution in [2.75, 3.05) is 48.6 Å². The van der Waals surface area contributed by atoms with E-state index in [9.17, 15) is 4.79 Å². The van der Waals surface area contributed by atoms with Gasteiger partial charge in [-0.25, -0.2) is 0 Å². The van der Waals surface area contributed by atoms with Gasteiger partial charge in [-0.15, -0.1) is 0 Å². The van der Waals surface area contributed by atoms with Gasteiger partial charge in [-0.3, -0.25) is 4.79 Å². The standard InChI is InChI=1S/C22H27NO5/c1-23(2)14-15-28-19-9-7-6-8-17(19)18(24)12-10-16-11-13-20(25-3)22(27-5)21(16)26-4/h6-13H,14-15H2,1-5H3. The first kappa shape index (κ1) is 21.3. The van der Waals surface area contributed by atoms with Crippen molar-refractivity contribution in [3.05, 3.63) is 53.6 Å². The fourth-order valence-electron chi connectivity index (χ4n) is 2.65. The molecule has 0 N–H and O–H groups in total. The molecular formula is C22H27NO5. The van der Waals surface area contributed by atoms with E-state index < -0.39 is 0 Å². The third-order valence-corrected chi connectivity index (χ3v) is 4.10. The Kier molecular flexibility index (Phi) is 7.89. The number of ketones is 1. The number of rotatable bonds is 10. The van der Waals surface area contributed by atoms with E-state index in [4.69, 9.17) is 18.9 Å². The van der Waals surface area contributed by atoms with Crippen molar-refractivity contribution in [2.45, 2.75) is 0 Å². The smallest absolute Gasteiger partial charge is 0.203 e. The average Bonchev–Trinajstić information content (AvgIpc) is 2.71. The number of nitrogens with zero attached hydrogens (tertiary/aromatic N) is 1. The molecule has 0 heterocycles. The molecule has 2 rings (SSSR count). The van der Waals surface area contributed by atoms with Gasteiger partial charge in [-0.1, -0.05) is 12.1 Å². The van der Waals surface area contributed by atoms with Gasteiger partial charge in [-0.05, 0) is 50.5 Å². The minimum absolute atomic E-state index is 0.155. The van der Waals surface area contributed by atoms with Crippen LogP contribution >= 0.6 is 0 Å². The highest BCUT2D eigenvalue weighted by Crippen LogP contribution is 2.40. The fourth-order valence-corrected chi connectivity index (χ4v) is 2.65. The zero-order valence-corrected chi connectivity index (χ0v) is 17.0. The number of likely N-dealkylation sites (N-methyl/N-ethyl adjacent to an activating group) is 1. The van der Waals surface area contributed by atoms with Gasteiger partial charge in [0.1, 0.15) is 12.4 Å². The van der Waals surface area contributed by atoms with E-state index >= 15 is 0 Å². The van der Waals surface area contributed by atoms with Crippen molar-refractivity contribution in [2.24, 2.45) is 0 Å². The molecule has 0 saturated heterocycles. The Bertz CT molecular complexity index is 830. The van der Waals surface area contributed by atoms with Crippen molar-refractivity contribution in [3.8, 4) is 23.0 Å². The number of carbonyl (C=O) groups excluding carboxylic acids is 1. The summed E-state index contributed by atoms with van der Waals surface area (Å²) in [5, 5.41) is 0. The number of allylic oxidation sites excluding steroid dienone is 1. The first-order valence-corrected chi connectivity index (χ1v) is 8.89. The summed E-state index contributed by atoms with van der Waals surface area (Å²) >= 11 is 0. The van der Waals surface area contributed by atoms with Crippen molar-refractivity contribution in [1.82, 2.24) is 4.90 Å². The highest BCUT2D eigenvalue weighted by Gasteiger charge is 2.15. The van der Waals surface area contributed by atoms with E-state index in [1.165, 1.54) is 6.08 Å². The van der Waals surface area contributed by atoms with Crippen LogP contribution in [0.1, 0.15) is 15.9 Å². The number of carbonyl (C=O) groups is 1. The topological polar surface area (TPSA) is 57.2 Å². The first-order chi connectivity index (χ1) is 13.5. The zero-order chi connectivity index (χ0) is 20.5. The summed E-state index contributed by atoms with van der Waals surface area (Å²) in [6.07, 6.45) is 3.19. The lowest BCUT2D eigenvalue weighted by atomic mass is 10.1. The molecule has 0 radical (unpaired) electrons. The Morgan fingerprint density at radius 1 is 0.929 bits per heavy atom. The van der Waals surface area contributed by atoms with Crippen molar-refractivity contribution in [3.63, 3.8) is 0 Å². The molecule has 0 aliphatic rings. The SMILES string of the molecule is COc1ccc(C=CC(=O)c2ccccc2OCCN(C)C)c(OC)c1OC. The summed E-state index contributed by atoms with van der Waals surface area (Å²) < 4.78 is 21.9. The second-order valence-corrected chi connectivity index (χ2v) is 6.27. The summed E-state index contributed by atoms with van der Waals surface area (Å²) in [7, 11) is 8.59. The molecule has 0 aliphatic heterocycles. The number of ether oxygens (including phenoxy) is 4. The highest BCUT2D eigenvalue weighted by molar-refractivity contribution is 6.08. The molecule has 2 aromatic rings. The van der Waals surface area contributed by atoms with Gasteiger partial charge in [-0.2, -0.15) is 0 Å². The normalized spacial score (nSPS) is 10.9. The maximum atomic E-state index is 12.7. The monoisotopic (exact) mass is 385 g/mol. The molecule has 0 unspecified atom stereocenters. The van der Waals surface area contributed by atoms with Crippen molar-refractivity contribution >= 4 is 11.9 Å². The third-order valence-electron chi connectivity index (χ3n) is 4.10. The number of hydrogen-bond donors (Lipinski definition) is 0. The number of benzene rings is 2. The minimum atomic E-state index is -0.155. The van der Waals surface area contributed by atoms with Crippen LogP contribution in [0, 0.1) is 0 Å². The summed E-state index contributed by atoms with van der Waals surface area (Å²) in [5.41, 5.74) is 1.22. The highest BCUT2D eigenvalue weighted by atomic mass is 16.5. The fraction of sp³-hybridized carbons (Fsp3) is 0.318. The van der Waals surface area contributed by atoms with E-state index in [2.05, 4.69) is 0 Å². The number of para-hydroxylation sites is 1. The van der Waals surface area contributed by atoms with Gasteiger partial charge in [0.2, 0.25) is 5.75 Å². The van der Waals surface area contributed by atoms with Crippen LogP contribution in [0.25, 0.3) is 6.08 Å². The minimum Gasteiger partial charge on any atom is -0.493 e. The largest absolute Gasteiger partial charge is 0.493 e. The van der Waals surface area contributed by atoms with E-state index in [0.29, 0.717) is 40.7 Å². The third kappa shape index (κ3) is 5.27. The predicted molar refractivity (Wildman–Crippen MR) is 110 cm³/mol. The van der Waals surface area contributed by atoms with Gasteiger partial charge < -0.3 is 23.8 Å². The van der Waals surface area contributed by atoms with Gasteiger partial charge in [0, 0.05) is 12.1 Å². The van der Waals surface area contributed by atoms with Crippen molar-refractivity contribution < 1.29 is 23.7 Å². The average molecular weight is 385 g/mol.